The minimum Gasteiger partial charge on any atom is -0.392 e. The molecule has 0 radical (unpaired) electrons. The third kappa shape index (κ3) is 3.49. The molecule has 5 nitrogen and oxygen atoms in total. The highest BCUT2D eigenvalue weighted by Crippen LogP contribution is 2.33. The molecule has 1 aromatic carbocycles. The van der Waals surface area contributed by atoms with E-state index in [1.165, 1.54) is 17.0 Å². The van der Waals surface area contributed by atoms with Gasteiger partial charge in [-0.1, -0.05) is 12.1 Å². The van der Waals surface area contributed by atoms with Crippen LogP contribution in [-0.4, -0.2) is 52.5 Å². The number of nitrogens with zero attached hydrogens (tertiary/aromatic N) is 2. The van der Waals surface area contributed by atoms with Gasteiger partial charge >= 0.3 is 0 Å². The Labute approximate surface area is 140 Å². The Hall–Kier alpha value is -2.18. The lowest BCUT2D eigenvalue weighted by atomic mass is 10.0. The van der Waals surface area contributed by atoms with Crippen LogP contribution in [0.5, 0.6) is 0 Å². The average molecular weight is 331 g/mol. The fourth-order valence-corrected chi connectivity index (χ4v) is 3.20. The summed E-state index contributed by atoms with van der Waals surface area (Å²) in [7, 11) is 3.43. The number of likely N-dealkylation sites (tertiary alicyclic amines) is 1. The molecule has 0 aliphatic carbocycles. The SMILES string of the molecule is CN(C)C(=O)c1ccc(CN2C[C@@H](O)C[C@@H]2c2ccc(F)cc2)[nH]1. The number of halogens is 1. The van der Waals surface area contributed by atoms with Crippen LogP contribution in [0.3, 0.4) is 0 Å². The smallest absolute Gasteiger partial charge is 0.269 e. The van der Waals surface area contributed by atoms with Gasteiger partial charge in [-0.05, 0) is 36.2 Å². The number of nitrogens with one attached hydrogen (secondary N) is 1. The van der Waals surface area contributed by atoms with Gasteiger partial charge in [-0.25, -0.2) is 4.39 Å². The van der Waals surface area contributed by atoms with Gasteiger partial charge in [0.2, 0.25) is 0 Å². The number of carbonyl (C=O) groups is 1. The quantitative estimate of drug-likeness (QED) is 0.903. The highest BCUT2D eigenvalue weighted by Gasteiger charge is 2.32. The maximum absolute atomic E-state index is 13.1. The third-order valence-electron chi connectivity index (χ3n) is 4.39. The van der Waals surface area contributed by atoms with Gasteiger partial charge in [0.05, 0.1) is 6.10 Å². The Bertz CT molecular complexity index is 711. The van der Waals surface area contributed by atoms with Crippen LogP contribution >= 0.6 is 0 Å². The van der Waals surface area contributed by atoms with Crippen LogP contribution in [0.15, 0.2) is 36.4 Å². The highest BCUT2D eigenvalue weighted by atomic mass is 19.1. The van der Waals surface area contributed by atoms with E-state index in [-0.39, 0.29) is 17.8 Å². The summed E-state index contributed by atoms with van der Waals surface area (Å²) in [6.07, 6.45) is 0.216. The first-order valence-electron chi connectivity index (χ1n) is 8.01. The second-order valence-electron chi connectivity index (χ2n) is 6.48. The number of rotatable bonds is 4. The minimum absolute atomic E-state index is 0.0388. The van der Waals surface area contributed by atoms with Crippen LogP contribution < -0.4 is 0 Å². The number of β-amino-alcohol motifs (C(OH)–C–C–N with tert-alkyl or cyclic N) is 1. The van der Waals surface area contributed by atoms with E-state index in [0.717, 1.165) is 11.3 Å². The number of aromatic nitrogens is 1. The molecule has 1 aromatic heterocycles. The maximum Gasteiger partial charge on any atom is 0.269 e. The van der Waals surface area contributed by atoms with E-state index in [4.69, 9.17) is 0 Å². The summed E-state index contributed by atoms with van der Waals surface area (Å²) in [4.78, 5) is 18.8. The molecule has 128 valence electrons. The standard InChI is InChI=1S/C18H22FN3O2/c1-21(2)18(24)16-8-7-14(20-16)10-22-11-15(23)9-17(22)12-3-5-13(19)6-4-12/h3-8,15,17,20,23H,9-11H2,1-2H3/t15-,17+/m0/s1. The zero-order chi connectivity index (χ0) is 17.3. The number of benzene rings is 1. The van der Waals surface area contributed by atoms with Gasteiger partial charge in [0, 0.05) is 38.9 Å². The Morgan fingerprint density at radius 3 is 2.67 bits per heavy atom. The number of H-pyrrole nitrogens is 1. The second kappa shape index (κ2) is 6.75. The van der Waals surface area contributed by atoms with E-state index in [2.05, 4.69) is 9.88 Å². The van der Waals surface area contributed by atoms with Crippen LogP contribution in [0.2, 0.25) is 0 Å². The fraction of sp³-hybridized carbons (Fsp3) is 0.389. The molecule has 0 spiro atoms. The van der Waals surface area contributed by atoms with Crippen LogP contribution in [0.1, 0.15) is 34.2 Å². The molecule has 2 N–H and O–H groups in total. The molecule has 1 aliphatic heterocycles. The molecule has 24 heavy (non-hydrogen) atoms. The van der Waals surface area contributed by atoms with E-state index >= 15 is 0 Å². The molecule has 2 aromatic rings. The van der Waals surface area contributed by atoms with E-state index in [9.17, 15) is 14.3 Å². The van der Waals surface area contributed by atoms with Gasteiger partial charge < -0.3 is 15.0 Å². The second-order valence-corrected chi connectivity index (χ2v) is 6.48. The molecular weight excluding hydrogens is 309 g/mol. The lowest BCUT2D eigenvalue weighted by molar-refractivity contribution is 0.0822. The number of aromatic amines is 1. The highest BCUT2D eigenvalue weighted by molar-refractivity contribution is 5.92. The Balaban J connectivity index is 1.75. The van der Waals surface area contributed by atoms with Crippen LogP contribution in [-0.2, 0) is 6.54 Å². The van der Waals surface area contributed by atoms with E-state index < -0.39 is 6.10 Å². The summed E-state index contributed by atoms with van der Waals surface area (Å²) in [5.41, 5.74) is 2.46. The summed E-state index contributed by atoms with van der Waals surface area (Å²) < 4.78 is 13.1. The number of hydrogen-bond donors (Lipinski definition) is 2. The van der Waals surface area contributed by atoms with Crippen LogP contribution in [0.4, 0.5) is 4.39 Å². The van der Waals surface area contributed by atoms with Gasteiger partial charge in [0.1, 0.15) is 11.5 Å². The Morgan fingerprint density at radius 2 is 2.00 bits per heavy atom. The Morgan fingerprint density at radius 1 is 1.29 bits per heavy atom. The number of hydrogen-bond acceptors (Lipinski definition) is 3. The summed E-state index contributed by atoms with van der Waals surface area (Å²) in [6, 6.07) is 10.1. The van der Waals surface area contributed by atoms with Crippen molar-refractivity contribution in [3.05, 3.63) is 59.2 Å². The zero-order valence-electron chi connectivity index (χ0n) is 13.9. The van der Waals surface area contributed by atoms with Crippen molar-refractivity contribution in [1.29, 1.82) is 0 Å². The van der Waals surface area contributed by atoms with E-state index in [0.29, 0.717) is 25.2 Å². The molecule has 1 aliphatic rings. The van der Waals surface area contributed by atoms with Gasteiger partial charge in [0.15, 0.2) is 0 Å². The van der Waals surface area contributed by atoms with Crippen molar-refractivity contribution in [3.8, 4) is 0 Å². The number of amides is 1. The molecule has 0 saturated carbocycles. The third-order valence-corrected chi connectivity index (χ3v) is 4.39. The van der Waals surface area contributed by atoms with Crippen LogP contribution in [0.25, 0.3) is 0 Å². The molecule has 2 heterocycles. The normalized spacial score (nSPS) is 21.2. The summed E-state index contributed by atoms with van der Waals surface area (Å²) in [5.74, 6) is -0.335. The predicted molar refractivity (Wildman–Crippen MR) is 89.0 cm³/mol. The molecule has 1 amide bonds. The molecule has 3 rings (SSSR count). The fourth-order valence-electron chi connectivity index (χ4n) is 3.20. The van der Waals surface area contributed by atoms with Crippen molar-refractivity contribution in [2.75, 3.05) is 20.6 Å². The number of carbonyl (C=O) groups excluding carboxylic acids is 1. The molecule has 0 bridgehead atoms. The van der Waals surface area contributed by atoms with E-state index in [1.807, 2.05) is 6.07 Å². The largest absolute Gasteiger partial charge is 0.392 e. The first kappa shape index (κ1) is 16.7. The van der Waals surface area contributed by atoms with Crippen LogP contribution in [0, 0.1) is 5.82 Å². The van der Waals surface area contributed by atoms with Crippen molar-refractivity contribution < 1.29 is 14.3 Å². The number of aliphatic hydroxyl groups excluding tert-OH is 1. The summed E-state index contributed by atoms with van der Waals surface area (Å²) in [6.45, 7) is 1.15. The van der Waals surface area contributed by atoms with E-state index in [1.54, 1.807) is 32.3 Å². The minimum atomic E-state index is -0.405. The van der Waals surface area contributed by atoms with Gasteiger partial charge in [-0.3, -0.25) is 9.69 Å². The molecule has 1 saturated heterocycles. The maximum atomic E-state index is 13.1. The lowest BCUT2D eigenvalue weighted by Crippen LogP contribution is -2.25. The Kier molecular flexibility index (Phi) is 4.69. The van der Waals surface area contributed by atoms with Crippen molar-refractivity contribution in [2.45, 2.75) is 25.1 Å². The van der Waals surface area contributed by atoms with Gasteiger partial charge in [-0.2, -0.15) is 0 Å². The average Bonchev–Trinajstić information content (AvgIpc) is 3.14. The summed E-state index contributed by atoms with van der Waals surface area (Å²) in [5, 5.41) is 10.0. The molecular formula is C18H22FN3O2. The van der Waals surface area contributed by atoms with Crippen molar-refractivity contribution in [3.63, 3.8) is 0 Å². The lowest BCUT2D eigenvalue weighted by Gasteiger charge is -2.24. The van der Waals surface area contributed by atoms with Crippen molar-refractivity contribution >= 4 is 5.91 Å². The summed E-state index contributed by atoms with van der Waals surface area (Å²) >= 11 is 0. The van der Waals surface area contributed by atoms with Crippen molar-refractivity contribution in [2.24, 2.45) is 0 Å². The first-order chi connectivity index (χ1) is 11.4. The van der Waals surface area contributed by atoms with Crippen molar-refractivity contribution in [1.82, 2.24) is 14.8 Å². The van der Waals surface area contributed by atoms with Gasteiger partial charge in [-0.15, -0.1) is 0 Å². The number of aliphatic hydroxyl groups is 1. The molecule has 6 heteroatoms. The topological polar surface area (TPSA) is 59.6 Å². The zero-order valence-corrected chi connectivity index (χ0v) is 13.9. The molecule has 0 unspecified atom stereocenters. The molecule has 1 fully saturated rings. The molecule has 2 atom stereocenters. The van der Waals surface area contributed by atoms with Gasteiger partial charge in [0.25, 0.3) is 5.91 Å². The first-order valence-corrected chi connectivity index (χ1v) is 8.01. The predicted octanol–water partition coefficient (Wildman–Crippen LogP) is 2.16. The monoisotopic (exact) mass is 331 g/mol.